The number of aryl methyl sites for hydroxylation is 1. The van der Waals surface area contributed by atoms with Crippen molar-refractivity contribution in [1.29, 1.82) is 0 Å². The van der Waals surface area contributed by atoms with Crippen LogP contribution in [0.4, 0.5) is 5.69 Å². The zero-order valence-corrected chi connectivity index (χ0v) is 17.8. The van der Waals surface area contributed by atoms with Gasteiger partial charge in [-0.25, -0.2) is 8.42 Å². The van der Waals surface area contributed by atoms with Crippen LogP contribution in [0.25, 0.3) is 0 Å². The average Bonchev–Trinajstić information content (AvgIpc) is 2.75. The molecule has 0 saturated heterocycles. The van der Waals surface area contributed by atoms with Gasteiger partial charge in [-0.3, -0.25) is 4.31 Å². The van der Waals surface area contributed by atoms with E-state index in [0.29, 0.717) is 17.2 Å². The highest BCUT2D eigenvalue weighted by molar-refractivity contribution is 7.92. The number of ether oxygens (including phenoxy) is 2. The molecule has 29 heavy (non-hydrogen) atoms. The van der Waals surface area contributed by atoms with E-state index >= 15 is 0 Å². The first-order valence-corrected chi connectivity index (χ1v) is 10.7. The molecule has 0 unspecified atom stereocenters. The summed E-state index contributed by atoms with van der Waals surface area (Å²) in [6.07, 6.45) is 0. The SMILES string of the molecule is COc1ccc(S(=O)(=O)N(c2ccc(C)cc2)[C@@H](C)c2cccc(OC)c2)cc1. The van der Waals surface area contributed by atoms with Gasteiger partial charge in [-0.15, -0.1) is 0 Å². The van der Waals surface area contributed by atoms with Crippen LogP contribution in [0.2, 0.25) is 0 Å². The molecule has 152 valence electrons. The first kappa shape index (κ1) is 20.7. The van der Waals surface area contributed by atoms with Crippen molar-refractivity contribution in [2.45, 2.75) is 24.8 Å². The average molecular weight is 412 g/mol. The maximum absolute atomic E-state index is 13.6. The van der Waals surface area contributed by atoms with Gasteiger partial charge in [-0.2, -0.15) is 0 Å². The number of rotatable bonds is 7. The molecule has 0 amide bonds. The van der Waals surface area contributed by atoms with E-state index in [1.807, 2.05) is 62.4 Å². The number of anilines is 1. The van der Waals surface area contributed by atoms with Gasteiger partial charge in [-0.1, -0.05) is 29.8 Å². The van der Waals surface area contributed by atoms with Gasteiger partial charge in [0, 0.05) is 0 Å². The van der Waals surface area contributed by atoms with Gasteiger partial charge in [0.05, 0.1) is 30.8 Å². The molecule has 0 spiro atoms. The first-order chi connectivity index (χ1) is 13.9. The number of nitrogens with zero attached hydrogens (tertiary/aromatic N) is 1. The molecule has 0 aliphatic rings. The van der Waals surface area contributed by atoms with Gasteiger partial charge in [0.2, 0.25) is 0 Å². The molecular formula is C23H25NO4S. The summed E-state index contributed by atoms with van der Waals surface area (Å²) in [6, 6.07) is 20.9. The number of benzene rings is 3. The van der Waals surface area contributed by atoms with Crippen molar-refractivity contribution in [2.24, 2.45) is 0 Å². The third-order valence-corrected chi connectivity index (χ3v) is 6.75. The topological polar surface area (TPSA) is 55.8 Å². The van der Waals surface area contributed by atoms with Gasteiger partial charge in [-0.05, 0) is 67.9 Å². The fourth-order valence-electron chi connectivity index (χ4n) is 3.16. The summed E-state index contributed by atoms with van der Waals surface area (Å²) in [5.41, 5.74) is 2.49. The van der Waals surface area contributed by atoms with Crippen LogP contribution in [0.1, 0.15) is 24.1 Å². The van der Waals surface area contributed by atoms with Gasteiger partial charge in [0.25, 0.3) is 10.0 Å². The Morgan fingerprint density at radius 3 is 2.03 bits per heavy atom. The molecular weight excluding hydrogens is 386 g/mol. The fraction of sp³-hybridized carbons (Fsp3) is 0.217. The largest absolute Gasteiger partial charge is 0.497 e. The molecule has 0 radical (unpaired) electrons. The van der Waals surface area contributed by atoms with Crippen molar-refractivity contribution in [3.05, 3.63) is 83.9 Å². The highest BCUT2D eigenvalue weighted by Gasteiger charge is 2.30. The lowest BCUT2D eigenvalue weighted by atomic mass is 10.1. The molecule has 3 rings (SSSR count). The second kappa shape index (κ2) is 8.57. The minimum Gasteiger partial charge on any atom is -0.497 e. The Morgan fingerprint density at radius 2 is 1.45 bits per heavy atom. The van der Waals surface area contributed by atoms with Crippen LogP contribution < -0.4 is 13.8 Å². The minimum atomic E-state index is -3.82. The van der Waals surface area contributed by atoms with Crippen LogP contribution in [0.3, 0.4) is 0 Å². The Hall–Kier alpha value is -2.99. The summed E-state index contributed by atoms with van der Waals surface area (Å²) in [6.45, 7) is 3.84. The van der Waals surface area contributed by atoms with E-state index in [-0.39, 0.29) is 4.90 Å². The Labute approximate surface area is 172 Å². The maximum Gasteiger partial charge on any atom is 0.264 e. The number of hydrogen-bond acceptors (Lipinski definition) is 4. The summed E-state index contributed by atoms with van der Waals surface area (Å²) in [4.78, 5) is 0.202. The van der Waals surface area contributed by atoms with Crippen LogP contribution >= 0.6 is 0 Å². The van der Waals surface area contributed by atoms with E-state index in [1.54, 1.807) is 38.5 Å². The number of sulfonamides is 1. The van der Waals surface area contributed by atoms with Crippen molar-refractivity contribution in [3.63, 3.8) is 0 Å². The molecule has 1 atom stereocenters. The van der Waals surface area contributed by atoms with Crippen molar-refractivity contribution >= 4 is 15.7 Å². The van der Waals surface area contributed by atoms with Crippen LogP contribution in [-0.2, 0) is 10.0 Å². The Balaban J connectivity index is 2.12. The van der Waals surface area contributed by atoms with Crippen molar-refractivity contribution in [3.8, 4) is 11.5 Å². The van der Waals surface area contributed by atoms with E-state index in [9.17, 15) is 8.42 Å². The molecule has 0 aliphatic heterocycles. The molecule has 0 bridgehead atoms. The smallest absolute Gasteiger partial charge is 0.264 e. The zero-order valence-electron chi connectivity index (χ0n) is 17.0. The fourth-order valence-corrected chi connectivity index (χ4v) is 4.80. The van der Waals surface area contributed by atoms with Gasteiger partial charge in [0.15, 0.2) is 0 Å². The standard InChI is InChI=1S/C23H25NO4S/c1-17-8-10-20(11-9-17)24(18(2)19-6-5-7-22(16-19)28-4)29(25,26)23-14-12-21(27-3)13-15-23/h5-16,18H,1-4H3/t18-/m0/s1. The summed E-state index contributed by atoms with van der Waals surface area (Å²) in [7, 11) is -0.680. The van der Waals surface area contributed by atoms with Crippen molar-refractivity contribution < 1.29 is 17.9 Å². The molecule has 0 aliphatic carbocycles. The normalized spacial score (nSPS) is 12.3. The van der Waals surface area contributed by atoms with Gasteiger partial charge in [0.1, 0.15) is 11.5 Å². The molecule has 0 fully saturated rings. The molecule has 0 aromatic heterocycles. The highest BCUT2D eigenvalue weighted by atomic mass is 32.2. The summed E-state index contributed by atoms with van der Waals surface area (Å²) in [5, 5.41) is 0. The van der Waals surface area contributed by atoms with Crippen molar-refractivity contribution in [2.75, 3.05) is 18.5 Å². The van der Waals surface area contributed by atoms with Crippen LogP contribution in [0.15, 0.2) is 77.7 Å². The minimum absolute atomic E-state index is 0.202. The lowest BCUT2D eigenvalue weighted by molar-refractivity contribution is 0.414. The quantitative estimate of drug-likeness (QED) is 0.551. The zero-order chi connectivity index (χ0) is 21.0. The van der Waals surface area contributed by atoms with Gasteiger partial charge >= 0.3 is 0 Å². The summed E-state index contributed by atoms with van der Waals surface area (Å²) >= 11 is 0. The molecule has 0 heterocycles. The number of hydrogen-bond donors (Lipinski definition) is 0. The third-order valence-electron chi connectivity index (χ3n) is 4.83. The lowest BCUT2D eigenvalue weighted by Gasteiger charge is -2.31. The predicted molar refractivity (Wildman–Crippen MR) is 115 cm³/mol. The molecule has 5 nitrogen and oxygen atoms in total. The monoisotopic (exact) mass is 411 g/mol. The van der Waals surface area contributed by atoms with Crippen LogP contribution in [0, 0.1) is 6.92 Å². The second-order valence-corrected chi connectivity index (χ2v) is 8.58. The summed E-state index contributed by atoms with van der Waals surface area (Å²) in [5.74, 6) is 1.28. The highest BCUT2D eigenvalue weighted by Crippen LogP contribution is 2.34. The van der Waals surface area contributed by atoms with E-state index in [2.05, 4.69) is 0 Å². The van der Waals surface area contributed by atoms with E-state index < -0.39 is 16.1 Å². The second-order valence-electron chi connectivity index (χ2n) is 6.76. The lowest BCUT2D eigenvalue weighted by Crippen LogP contribution is -2.33. The molecule has 0 saturated carbocycles. The molecule has 3 aromatic carbocycles. The third kappa shape index (κ3) is 4.38. The van der Waals surface area contributed by atoms with Crippen molar-refractivity contribution in [1.82, 2.24) is 0 Å². The van der Waals surface area contributed by atoms with E-state index in [4.69, 9.17) is 9.47 Å². The molecule has 0 N–H and O–H groups in total. The van der Waals surface area contributed by atoms with Crippen LogP contribution in [-0.4, -0.2) is 22.6 Å². The summed E-state index contributed by atoms with van der Waals surface area (Å²) < 4.78 is 39.2. The molecule has 3 aromatic rings. The maximum atomic E-state index is 13.6. The van der Waals surface area contributed by atoms with E-state index in [1.165, 1.54) is 4.31 Å². The Morgan fingerprint density at radius 1 is 0.828 bits per heavy atom. The van der Waals surface area contributed by atoms with Crippen LogP contribution in [0.5, 0.6) is 11.5 Å². The first-order valence-electron chi connectivity index (χ1n) is 9.26. The Kier molecular flexibility index (Phi) is 6.13. The molecule has 6 heteroatoms. The van der Waals surface area contributed by atoms with Gasteiger partial charge < -0.3 is 9.47 Å². The van der Waals surface area contributed by atoms with E-state index in [0.717, 1.165) is 11.1 Å². The number of methoxy groups -OCH3 is 2. The predicted octanol–water partition coefficient (Wildman–Crippen LogP) is 4.97. The Bertz CT molecular complexity index is 1060.